The van der Waals surface area contributed by atoms with Crippen molar-refractivity contribution in [3.63, 3.8) is 0 Å². The van der Waals surface area contributed by atoms with Crippen LogP contribution < -0.4 is 5.32 Å². The Morgan fingerprint density at radius 1 is 1.25 bits per heavy atom. The van der Waals surface area contributed by atoms with Crippen molar-refractivity contribution in [2.45, 2.75) is 64.1 Å². The van der Waals surface area contributed by atoms with E-state index in [2.05, 4.69) is 34.0 Å². The molecule has 28 heavy (non-hydrogen) atoms. The molecule has 7 nitrogen and oxygen atoms in total. The zero-order chi connectivity index (χ0) is 19.7. The van der Waals surface area contributed by atoms with E-state index in [1.54, 1.807) is 0 Å². The summed E-state index contributed by atoms with van der Waals surface area (Å²) < 4.78 is 0. The molecule has 1 amide bonds. The van der Waals surface area contributed by atoms with E-state index in [9.17, 15) is 9.90 Å². The minimum absolute atomic E-state index is 0.127. The Labute approximate surface area is 167 Å². The summed E-state index contributed by atoms with van der Waals surface area (Å²) in [5, 5.41) is 14.3. The molecule has 2 N–H and O–H groups in total. The molecule has 3 aliphatic rings. The van der Waals surface area contributed by atoms with Crippen molar-refractivity contribution in [3.8, 4) is 0 Å². The number of likely N-dealkylation sites (tertiary alicyclic amines) is 2. The summed E-state index contributed by atoms with van der Waals surface area (Å²) in [6, 6.07) is 0.308. The average Bonchev–Trinajstić information content (AvgIpc) is 2.61. The Bertz CT molecular complexity index is 691. The number of hydrogen-bond acceptors (Lipinski definition) is 6. The van der Waals surface area contributed by atoms with Crippen LogP contribution in [-0.2, 0) is 11.3 Å². The summed E-state index contributed by atoms with van der Waals surface area (Å²) in [6.45, 7) is 8.00. The van der Waals surface area contributed by atoms with Gasteiger partial charge in [-0.05, 0) is 39.5 Å². The smallest absolute Gasteiger partial charge is 0.225 e. The molecule has 3 fully saturated rings. The van der Waals surface area contributed by atoms with Crippen molar-refractivity contribution < 1.29 is 9.90 Å². The first-order chi connectivity index (χ1) is 13.4. The summed E-state index contributed by atoms with van der Waals surface area (Å²) in [7, 11) is 0. The summed E-state index contributed by atoms with van der Waals surface area (Å²) in [5.41, 5.74) is 0.465. The monoisotopic (exact) mass is 387 g/mol. The van der Waals surface area contributed by atoms with Crippen LogP contribution in [0.4, 0.5) is 5.95 Å². The first-order valence-corrected chi connectivity index (χ1v) is 10.7. The summed E-state index contributed by atoms with van der Waals surface area (Å²) >= 11 is 0. The molecule has 0 aromatic carbocycles. The number of hydrogen-bond donors (Lipinski definition) is 2. The number of amides is 1. The number of anilines is 1. The van der Waals surface area contributed by atoms with E-state index in [-0.39, 0.29) is 11.8 Å². The lowest BCUT2D eigenvalue weighted by atomic mass is 9.75. The van der Waals surface area contributed by atoms with Gasteiger partial charge in [-0.1, -0.05) is 6.42 Å². The first-order valence-electron chi connectivity index (χ1n) is 10.7. The van der Waals surface area contributed by atoms with Crippen molar-refractivity contribution >= 4 is 11.9 Å². The lowest BCUT2D eigenvalue weighted by Gasteiger charge is -2.51. The molecule has 4 rings (SSSR count). The Morgan fingerprint density at radius 3 is 2.61 bits per heavy atom. The quantitative estimate of drug-likeness (QED) is 0.803. The van der Waals surface area contributed by atoms with Gasteiger partial charge in [-0.25, -0.2) is 9.97 Å². The number of fused-ring (bicyclic) bond motifs is 1. The third kappa shape index (κ3) is 4.15. The summed E-state index contributed by atoms with van der Waals surface area (Å²) in [5.74, 6) is 1.33. The van der Waals surface area contributed by atoms with Crippen molar-refractivity contribution in [2.75, 3.05) is 31.5 Å². The largest absolute Gasteiger partial charge is 0.389 e. The first kappa shape index (κ1) is 19.6. The number of carbonyl (C=O) groups is 1. The second-order valence-corrected chi connectivity index (χ2v) is 9.16. The maximum atomic E-state index is 12.6. The van der Waals surface area contributed by atoms with Crippen molar-refractivity contribution in [3.05, 3.63) is 18.0 Å². The Morgan fingerprint density at radius 2 is 1.96 bits per heavy atom. The van der Waals surface area contributed by atoms with Gasteiger partial charge >= 0.3 is 0 Å². The van der Waals surface area contributed by atoms with Crippen LogP contribution in [0.15, 0.2) is 12.4 Å². The number of carbonyl (C=O) groups excluding carboxylic acids is 1. The van der Waals surface area contributed by atoms with Crippen LogP contribution in [-0.4, -0.2) is 68.6 Å². The molecule has 1 aromatic heterocycles. The van der Waals surface area contributed by atoms with Gasteiger partial charge in [0.05, 0.1) is 5.60 Å². The molecular formula is C21H33N5O2. The van der Waals surface area contributed by atoms with Crippen LogP contribution in [0.25, 0.3) is 0 Å². The van der Waals surface area contributed by atoms with E-state index in [0.29, 0.717) is 37.4 Å². The van der Waals surface area contributed by atoms with Crippen LogP contribution in [0.3, 0.4) is 0 Å². The van der Waals surface area contributed by atoms with E-state index in [4.69, 9.17) is 0 Å². The van der Waals surface area contributed by atoms with E-state index in [0.717, 1.165) is 44.5 Å². The van der Waals surface area contributed by atoms with Gasteiger partial charge in [0, 0.05) is 68.6 Å². The lowest BCUT2D eigenvalue weighted by Crippen LogP contribution is -2.61. The van der Waals surface area contributed by atoms with Gasteiger partial charge in [-0.3, -0.25) is 9.69 Å². The molecule has 154 valence electrons. The minimum Gasteiger partial charge on any atom is -0.389 e. The molecule has 2 saturated heterocycles. The fourth-order valence-electron chi connectivity index (χ4n) is 4.66. The molecule has 1 aromatic rings. The maximum absolute atomic E-state index is 12.6. The fourth-order valence-corrected chi connectivity index (χ4v) is 4.66. The molecule has 2 aliphatic heterocycles. The lowest BCUT2D eigenvalue weighted by molar-refractivity contribution is -0.153. The molecule has 1 saturated carbocycles. The van der Waals surface area contributed by atoms with E-state index in [1.165, 1.54) is 6.42 Å². The van der Waals surface area contributed by atoms with Crippen LogP contribution in [0.5, 0.6) is 0 Å². The number of nitrogens with zero attached hydrogens (tertiary/aromatic N) is 4. The Hall–Kier alpha value is -1.73. The van der Waals surface area contributed by atoms with Crippen molar-refractivity contribution in [1.82, 2.24) is 19.8 Å². The number of aromatic nitrogens is 2. The highest BCUT2D eigenvalue weighted by Gasteiger charge is 2.46. The highest BCUT2D eigenvalue weighted by Crippen LogP contribution is 2.37. The normalized spacial score (nSPS) is 28.7. The van der Waals surface area contributed by atoms with Crippen LogP contribution in [0.1, 0.15) is 51.5 Å². The zero-order valence-corrected chi connectivity index (χ0v) is 17.1. The Balaban J connectivity index is 1.35. The highest BCUT2D eigenvalue weighted by atomic mass is 16.3. The number of piperidine rings is 2. The Kier molecular flexibility index (Phi) is 5.56. The third-order valence-corrected chi connectivity index (χ3v) is 6.65. The SMILES string of the molecule is CC(C)Nc1ncc(CN2CC[C@@]3(O)CCN(C(=O)C4CCC4)C[C@H]3C2)cn1. The van der Waals surface area contributed by atoms with Crippen molar-refractivity contribution in [2.24, 2.45) is 11.8 Å². The van der Waals surface area contributed by atoms with E-state index < -0.39 is 5.60 Å². The van der Waals surface area contributed by atoms with Gasteiger partial charge in [-0.15, -0.1) is 0 Å². The standard InChI is InChI=1S/C21H33N5O2/c1-15(2)24-20-22-10-16(11-23-20)12-25-8-6-21(28)7-9-26(14-18(21)13-25)19(27)17-4-3-5-17/h10-11,15,17-18,28H,3-9,12-14H2,1-2H3,(H,22,23,24)/t18-,21-/m1/s1. The molecule has 0 spiro atoms. The predicted octanol–water partition coefficient (Wildman–Crippen LogP) is 1.88. The van der Waals surface area contributed by atoms with Gasteiger partial charge < -0.3 is 15.3 Å². The molecule has 0 unspecified atom stereocenters. The molecule has 1 aliphatic carbocycles. The molecule has 0 bridgehead atoms. The van der Waals surface area contributed by atoms with Crippen LogP contribution in [0.2, 0.25) is 0 Å². The highest BCUT2D eigenvalue weighted by molar-refractivity contribution is 5.79. The van der Waals surface area contributed by atoms with Gasteiger partial charge in [0.2, 0.25) is 11.9 Å². The average molecular weight is 388 g/mol. The maximum Gasteiger partial charge on any atom is 0.225 e. The molecular weight excluding hydrogens is 354 g/mol. The predicted molar refractivity (Wildman–Crippen MR) is 108 cm³/mol. The number of rotatable bonds is 5. The zero-order valence-electron chi connectivity index (χ0n) is 17.1. The van der Waals surface area contributed by atoms with Gasteiger partial charge in [0.1, 0.15) is 0 Å². The van der Waals surface area contributed by atoms with Gasteiger partial charge in [0.15, 0.2) is 0 Å². The summed E-state index contributed by atoms with van der Waals surface area (Å²) in [6.07, 6.45) is 8.51. The fraction of sp³-hybridized carbons (Fsp3) is 0.762. The van der Waals surface area contributed by atoms with Crippen LogP contribution in [0, 0.1) is 11.8 Å². The van der Waals surface area contributed by atoms with Gasteiger partial charge in [-0.2, -0.15) is 0 Å². The van der Waals surface area contributed by atoms with E-state index >= 15 is 0 Å². The third-order valence-electron chi connectivity index (χ3n) is 6.65. The summed E-state index contributed by atoms with van der Waals surface area (Å²) in [4.78, 5) is 25.8. The second kappa shape index (κ2) is 7.95. The van der Waals surface area contributed by atoms with Crippen LogP contribution >= 0.6 is 0 Å². The molecule has 2 atom stereocenters. The molecule has 3 heterocycles. The topological polar surface area (TPSA) is 81.6 Å². The molecule has 7 heteroatoms. The van der Waals surface area contributed by atoms with E-state index in [1.807, 2.05) is 17.3 Å². The van der Waals surface area contributed by atoms with Crippen molar-refractivity contribution in [1.29, 1.82) is 0 Å². The minimum atomic E-state index is -0.617. The number of aliphatic hydroxyl groups is 1. The molecule has 0 radical (unpaired) electrons. The van der Waals surface area contributed by atoms with Gasteiger partial charge in [0.25, 0.3) is 0 Å². The number of nitrogens with one attached hydrogen (secondary N) is 1. The second-order valence-electron chi connectivity index (χ2n) is 9.16.